The van der Waals surface area contributed by atoms with Gasteiger partial charge in [0.25, 0.3) is 5.91 Å². The van der Waals surface area contributed by atoms with Gasteiger partial charge in [0, 0.05) is 5.69 Å². The molecule has 0 saturated heterocycles. The Morgan fingerprint density at radius 2 is 1.76 bits per heavy atom. The van der Waals surface area contributed by atoms with Crippen molar-refractivity contribution in [1.82, 2.24) is 0 Å². The van der Waals surface area contributed by atoms with E-state index in [1.165, 1.54) is 29.8 Å². The maximum absolute atomic E-state index is 12.8. The summed E-state index contributed by atoms with van der Waals surface area (Å²) in [6, 6.07) is 13.3. The number of rotatable bonds is 5. The predicted molar refractivity (Wildman–Crippen MR) is 80.9 cm³/mol. The van der Waals surface area contributed by atoms with Crippen LogP contribution in [0, 0.1) is 5.82 Å². The summed E-state index contributed by atoms with van der Waals surface area (Å²) in [7, 11) is 0. The number of nitrogens with one attached hydrogen (secondary N) is 1. The van der Waals surface area contributed by atoms with Crippen LogP contribution in [0.5, 0.6) is 5.75 Å². The summed E-state index contributed by atoms with van der Waals surface area (Å²) in [6.07, 6.45) is 0.291. The second-order valence-electron chi connectivity index (χ2n) is 4.75. The van der Waals surface area contributed by atoms with Gasteiger partial charge in [0.05, 0.1) is 0 Å². The van der Waals surface area contributed by atoms with Crippen LogP contribution in [0.2, 0.25) is 0 Å². The van der Waals surface area contributed by atoms with E-state index in [0.29, 0.717) is 5.75 Å². The smallest absolute Gasteiger partial charge is 0.265 e. The zero-order chi connectivity index (χ0) is 15.2. The van der Waals surface area contributed by atoms with Gasteiger partial charge in [-0.05, 0) is 55.3 Å². The number of ether oxygens (including phenoxy) is 1. The van der Waals surface area contributed by atoms with Crippen molar-refractivity contribution in [3.05, 3.63) is 59.9 Å². The molecule has 110 valence electrons. The van der Waals surface area contributed by atoms with E-state index in [4.69, 9.17) is 4.74 Å². The summed E-state index contributed by atoms with van der Waals surface area (Å²) >= 11 is 0. The SMILES string of the molecule is CCc1ccc(NC(=O)[C@@H](C)Oc2ccc(F)cc2)cc1. The first-order valence-corrected chi connectivity index (χ1v) is 6.90. The van der Waals surface area contributed by atoms with Gasteiger partial charge in [0.2, 0.25) is 0 Å². The Morgan fingerprint density at radius 1 is 1.14 bits per heavy atom. The molecule has 0 aromatic heterocycles. The number of carbonyl (C=O) groups excluding carboxylic acids is 1. The quantitative estimate of drug-likeness (QED) is 0.908. The number of halogens is 1. The number of benzene rings is 2. The van der Waals surface area contributed by atoms with Crippen LogP contribution in [0.1, 0.15) is 19.4 Å². The lowest BCUT2D eigenvalue weighted by molar-refractivity contribution is -0.122. The van der Waals surface area contributed by atoms with E-state index in [2.05, 4.69) is 12.2 Å². The highest BCUT2D eigenvalue weighted by atomic mass is 19.1. The molecule has 3 nitrogen and oxygen atoms in total. The molecule has 4 heteroatoms. The maximum atomic E-state index is 12.8. The summed E-state index contributed by atoms with van der Waals surface area (Å²) in [4.78, 5) is 12.0. The first-order chi connectivity index (χ1) is 10.1. The lowest BCUT2D eigenvalue weighted by Gasteiger charge is -2.14. The lowest BCUT2D eigenvalue weighted by atomic mass is 10.1. The molecule has 1 atom stereocenters. The number of hydrogen-bond donors (Lipinski definition) is 1. The van der Waals surface area contributed by atoms with Crippen LogP contribution < -0.4 is 10.1 Å². The highest BCUT2D eigenvalue weighted by Gasteiger charge is 2.14. The standard InChI is InChI=1S/C17H18FNO2/c1-3-13-4-8-15(9-5-13)19-17(20)12(2)21-16-10-6-14(18)7-11-16/h4-12H,3H2,1-2H3,(H,19,20)/t12-/m1/s1. The minimum Gasteiger partial charge on any atom is -0.481 e. The molecule has 0 saturated carbocycles. The van der Waals surface area contributed by atoms with Crippen LogP contribution in [0.25, 0.3) is 0 Å². The Labute approximate surface area is 123 Å². The normalized spacial score (nSPS) is 11.8. The molecule has 0 spiro atoms. The van der Waals surface area contributed by atoms with Gasteiger partial charge in [-0.25, -0.2) is 4.39 Å². The topological polar surface area (TPSA) is 38.3 Å². The van der Waals surface area contributed by atoms with Crippen LogP contribution in [-0.2, 0) is 11.2 Å². The maximum Gasteiger partial charge on any atom is 0.265 e. The Balaban J connectivity index is 1.93. The Morgan fingerprint density at radius 3 is 2.33 bits per heavy atom. The van der Waals surface area contributed by atoms with E-state index in [0.717, 1.165) is 12.1 Å². The molecule has 0 bridgehead atoms. The predicted octanol–water partition coefficient (Wildman–Crippen LogP) is 3.79. The van der Waals surface area contributed by atoms with Crippen LogP contribution in [-0.4, -0.2) is 12.0 Å². The van der Waals surface area contributed by atoms with E-state index < -0.39 is 6.10 Å². The average molecular weight is 287 g/mol. The van der Waals surface area contributed by atoms with E-state index in [1.54, 1.807) is 6.92 Å². The number of hydrogen-bond acceptors (Lipinski definition) is 2. The van der Waals surface area contributed by atoms with Gasteiger partial charge in [0.1, 0.15) is 11.6 Å². The van der Waals surface area contributed by atoms with E-state index >= 15 is 0 Å². The molecule has 0 aliphatic carbocycles. The van der Waals surface area contributed by atoms with Crippen molar-refractivity contribution in [2.24, 2.45) is 0 Å². The van der Waals surface area contributed by atoms with Gasteiger partial charge in [-0.2, -0.15) is 0 Å². The second-order valence-corrected chi connectivity index (χ2v) is 4.75. The van der Waals surface area contributed by atoms with E-state index in [1.807, 2.05) is 24.3 Å². The molecule has 0 fully saturated rings. The van der Waals surface area contributed by atoms with Crippen molar-refractivity contribution in [2.75, 3.05) is 5.32 Å². The molecule has 0 aliphatic rings. The highest BCUT2D eigenvalue weighted by molar-refractivity contribution is 5.94. The van der Waals surface area contributed by atoms with Crippen molar-refractivity contribution in [3.8, 4) is 5.75 Å². The summed E-state index contributed by atoms with van der Waals surface area (Å²) < 4.78 is 18.3. The van der Waals surface area contributed by atoms with Crippen LogP contribution in [0.3, 0.4) is 0 Å². The van der Waals surface area contributed by atoms with Gasteiger partial charge < -0.3 is 10.1 Å². The molecule has 2 aromatic carbocycles. The first-order valence-electron chi connectivity index (χ1n) is 6.90. The monoisotopic (exact) mass is 287 g/mol. The van der Waals surface area contributed by atoms with Gasteiger partial charge in [-0.3, -0.25) is 4.79 Å². The van der Waals surface area contributed by atoms with E-state index in [9.17, 15) is 9.18 Å². The molecule has 0 radical (unpaired) electrons. The third kappa shape index (κ3) is 4.31. The third-order valence-corrected chi connectivity index (χ3v) is 3.13. The summed E-state index contributed by atoms with van der Waals surface area (Å²) in [6.45, 7) is 3.73. The molecule has 0 heterocycles. The second kappa shape index (κ2) is 6.88. The fourth-order valence-corrected chi connectivity index (χ4v) is 1.84. The number of anilines is 1. The molecule has 2 rings (SSSR count). The minimum absolute atomic E-state index is 0.247. The largest absolute Gasteiger partial charge is 0.481 e. The first kappa shape index (κ1) is 15.0. The molecular formula is C17H18FNO2. The van der Waals surface area contributed by atoms with Crippen molar-refractivity contribution in [2.45, 2.75) is 26.4 Å². The Bertz CT molecular complexity index is 593. The average Bonchev–Trinajstić information content (AvgIpc) is 2.50. The van der Waals surface area contributed by atoms with E-state index in [-0.39, 0.29) is 11.7 Å². The Hall–Kier alpha value is -2.36. The third-order valence-electron chi connectivity index (χ3n) is 3.13. The highest BCUT2D eigenvalue weighted by Crippen LogP contribution is 2.15. The van der Waals surface area contributed by atoms with Crippen molar-refractivity contribution < 1.29 is 13.9 Å². The number of carbonyl (C=O) groups is 1. The minimum atomic E-state index is -0.665. The van der Waals surface area contributed by atoms with Crippen LogP contribution >= 0.6 is 0 Å². The number of amides is 1. The zero-order valence-corrected chi connectivity index (χ0v) is 12.1. The molecule has 0 unspecified atom stereocenters. The fraction of sp³-hybridized carbons (Fsp3) is 0.235. The van der Waals surface area contributed by atoms with Crippen molar-refractivity contribution in [3.63, 3.8) is 0 Å². The lowest BCUT2D eigenvalue weighted by Crippen LogP contribution is -2.30. The van der Waals surface area contributed by atoms with Gasteiger partial charge >= 0.3 is 0 Å². The van der Waals surface area contributed by atoms with Crippen molar-refractivity contribution >= 4 is 11.6 Å². The molecular weight excluding hydrogens is 269 g/mol. The van der Waals surface area contributed by atoms with Crippen LogP contribution in [0.4, 0.5) is 10.1 Å². The molecule has 2 aromatic rings. The summed E-state index contributed by atoms with van der Waals surface area (Å²) in [5.41, 5.74) is 1.94. The molecule has 21 heavy (non-hydrogen) atoms. The summed E-state index contributed by atoms with van der Waals surface area (Å²) in [5.74, 6) is -0.126. The van der Waals surface area contributed by atoms with Crippen LogP contribution in [0.15, 0.2) is 48.5 Å². The summed E-state index contributed by atoms with van der Waals surface area (Å²) in [5, 5.41) is 2.79. The zero-order valence-electron chi connectivity index (χ0n) is 12.1. The Kier molecular flexibility index (Phi) is 4.93. The van der Waals surface area contributed by atoms with Gasteiger partial charge in [-0.15, -0.1) is 0 Å². The molecule has 0 aliphatic heterocycles. The molecule has 1 N–H and O–H groups in total. The van der Waals surface area contributed by atoms with Crippen molar-refractivity contribution in [1.29, 1.82) is 0 Å². The van der Waals surface area contributed by atoms with Gasteiger partial charge in [-0.1, -0.05) is 19.1 Å². The fourth-order valence-electron chi connectivity index (χ4n) is 1.84. The molecule has 1 amide bonds. The van der Waals surface area contributed by atoms with Gasteiger partial charge in [0.15, 0.2) is 6.10 Å². The number of aryl methyl sites for hydroxylation is 1.